The van der Waals surface area contributed by atoms with Gasteiger partial charge in [-0.25, -0.2) is 4.98 Å². The van der Waals surface area contributed by atoms with Crippen molar-refractivity contribution in [1.29, 1.82) is 0 Å². The largest absolute Gasteiger partial charge is 0.457 e. The molecule has 0 spiro atoms. The zero-order valence-corrected chi connectivity index (χ0v) is 23.0. The average molecular weight is 490 g/mol. The Balaban J connectivity index is 2.33. The molecule has 5 atom stereocenters. The maximum Gasteiger partial charge on any atom is 0.309 e. The molecule has 1 aromatic heterocycles. The van der Waals surface area contributed by atoms with E-state index in [0.29, 0.717) is 12.3 Å². The molecule has 0 aromatic carbocycles. The summed E-state index contributed by atoms with van der Waals surface area (Å²) >= 11 is 1.58. The summed E-state index contributed by atoms with van der Waals surface area (Å²) in [6.45, 7) is 15.8. The number of cyclic esters (lactones) is 1. The molecule has 1 unspecified atom stereocenters. The normalized spacial score (nSPS) is 32.1. The van der Waals surface area contributed by atoms with Crippen LogP contribution in [0.4, 0.5) is 0 Å². The van der Waals surface area contributed by atoms with Crippen LogP contribution in [0.25, 0.3) is 6.08 Å². The summed E-state index contributed by atoms with van der Waals surface area (Å²) in [5, 5.41) is 13.9. The van der Waals surface area contributed by atoms with Crippen molar-refractivity contribution in [2.75, 3.05) is 0 Å². The van der Waals surface area contributed by atoms with E-state index in [4.69, 9.17) is 4.74 Å². The van der Waals surface area contributed by atoms with Crippen molar-refractivity contribution in [2.45, 2.75) is 99.7 Å². The number of Topliss-reactive ketones (excluding diaryl/α,β-unsaturated/α-hetero) is 1. The maximum atomic E-state index is 13.3. The molecule has 190 valence electrons. The van der Waals surface area contributed by atoms with Crippen molar-refractivity contribution in [1.82, 2.24) is 4.98 Å². The van der Waals surface area contributed by atoms with Crippen LogP contribution in [-0.4, -0.2) is 34.1 Å². The third-order valence-electron chi connectivity index (χ3n) is 7.63. The number of thiazole rings is 1. The first-order valence-corrected chi connectivity index (χ1v) is 13.4. The van der Waals surface area contributed by atoms with Crippen molar-refractivity contribution in [3.63, 3.8) is 0 Å². The molecule has 0 aliphatic carbocycles. The van der Waals surface area contributed by atoms with Crippen molar-refractivity contribution in [2.24, 2.45) is 23.2 Å². The number of carbonyl (C=O) groups excluding carboxylic acids is 2. The zero-order valence-electron chi connectivity index (χ0n) is 22.2. The van der Waals surface area contributed by atoms with Crippen molar-refractivity contribution < 1.29 is 19.4 Å². The van der Waals surface area contributed by atoms with Crippen LogP contribution in [-0.2, 0) is 14.3 Å². The molecule has 1 aromatic rings. The SMILES string of the molecule is C/C1=C/C[C@@H](/C(C)=C/c2csc(C)n2)OC(=O)C[C@H](O)C(C)(C)C(=O)C(C)[C@@H](C)[C@@H](C)CCC1. The molecule has 2 rings (SSSR count). The fraction of sp³-hybridized carbons (Fsp3) is 0.679. The number of allylic oxidation sites excluding steroid dienone is 1. The standard InChI is InChI=1S/C28H43NO4S/c1-17-10-9-11-18(2)20(4)21(5)27(32)28(7,8)25(30)15-26(31)33-24(13-12-17)19(3)14-23-16-34-22(6)29-23/h12,14,16,18,20-21,24-25,30H,9-11,13,15H2,1-8H3/b17-12-,19-14+/t18-,20-,21?,24-,25-/m0/s1. The van der Waals surface area contributed by atoms with Gasteiger partial charge in [-0.15, -0.1) is 11.3 Å². The Morgan fingerprint density at radius 2 is 1.91 bits per heavy atom. The van der Waals surface area contributed by atoms with Crippen LogP contribution < -0.4 is 0 Å². The van der Waals surface area contributed by atoms with E-state index in [-0.39, 0.29) is 24.0 Å². The number of ether oxygens (including phenoxy) is 1. The lowest BCUT2D eigenvalue weighted by atomic mass is 9.70. The topological polar surface area (TPSA) is 76.5 Å². The number of aryl methyl sites for hydroxylation is 1. The Kier molecular flexibility index (Phi) is 10.3. The van der Waals surface area contributed by atoms with E-state index in [0.717, 1.165) is 35.5 Å². The van der Waals surface area contributed by atoms with E-state index in [1.165, 1.54) is 5.57 Å². The van der Waals surface area contributed by atoms with Crippen LogP contribution in [0.5, 0.6) is 0 Å². The van der Waals surface area contributed by atoms with Crippen LogP contribution in [0.2, 0.25) is 0 Å². The highest BCUT2D eigenvalue weighted by molar-refractivity contribution is 7.09. The molecule has 5 nitrogen and oxygen atoms in total. The lowest BCUT2D eigenvalue weighted by Crippen LogP contribution is -2.44. The molecule has 0 saturated heterocycles. The van der Waals surface area contributed by atoms with E-state index >= 15 is 0 Å². The Morgan fingerprint density at radius 3 is 2.53 bits per heavy atom. The van der Waals surface area contributed by atoms with Crippen LogP contribution in [0.3, 0.4) is 0 Å². The van der Waals surface area contributed by atoms with Gasteiger partial charge in [-0.2, -0.15) is 0 Å². The van der Waals surface area contributed by atoms with Gasteiger partial charge in [0, 0.05) is 17.7 Å². The first-order valence-electron chi connectivity index (χ1n) is 12.5. The molecule has 0 saturated carbocycles. The van der Waals surface area contributed by atoms with Crippen LogP contribution in [0, 0.1) is 30.1 Å². The average Bonchev–Trinajstić information content (AvgIpc) is 3.18. The second-order valence-corrected chi connectivity index (χ2v) is 11.8. The minimum Gasteiger partial charge on any atom is -0.457 e. The Hall–Kier alpha value is -1.79. The first kappa shape index (κ1) is 28.4. The van der Waals surface area contributed by atoms with Gasteiger partial charge >= 0.3 is 5.97 Å². The molecular formula is C28H43NO4S. The van der Waals surface area contributed by atoms with Gasteiger partial charge in [0.25, 0.3) is 0 Å². The van der Waals surface area contributed by atoms with Gasteiger partial charge in [0.1, 0.15) is 11.9 Å². The van der Waals surface area contributed by atoms with Gasteiger partial charge in [0.15, 0.2) is 0 Å². The Bertz CT molecular complexity index is 913. The molecule has 0 fully saturated rings. The summed E-state index contributed by atoms with van der Waals surface area (Å²) in [7, 11) is 0. The molecule has 1 aliphatic heterocycles. The van der Waals surface area contributed by atoms with E-state index in [9.17, 15) is 14.7 Å². The summed E-state index contributed by atoms with van der Waals surface area (Å²) in [6.07, 6.45) is 6.02. The number of aromatic nitrogens is 1. The van der Waals surface area contributed by atoms with Gasteiger partial charge in [-0.3, -0.25) is 9.59 Å². The second kappa shape index (κ2) is 12.3. The second-order valence-electron chi connectivity index (χ2n) is 10.8. The van der Waals surface area contributed by atoms with Crippen molar-refractivity contribution in [3.05, 3.63) is 33.3 Å². The van der Waals surface area contributed by atoms with E-state index in [1.54, 1.807) is 25.2 Å². The molecule has 1 aliphatic rings. The first-order chi connectivity index (χ1) is 15.8. The number of nitrogens with zero attached hydrogens (tertiary/aromatic N) is 1. The highest BCUT2D eigenvalue weighted by atomic mass is 32.1. The van der Waals surface area contributed by atoms with Crippen molar-refractivity contribution >= 4 is 29.2 Å². The fourth-order valence-electron chi connectivity index (χ4n) is 4.58. The minimum absolute atomic E-state index is 0.00171. The third kappa shape index (κ3) is 7.61. The summed E-state index contributed by atoms with van der Waals surface area (Å²) in [4.78, 5) is 30.7. The third-order valence-corrected chi connectivity index (χ3v) is 8.42. The summed E-state index contributed by atoms with van der Waals surface area (Å²) in [5.41, 5.74) is 2.01. The number of ketones is 1. The molecule has 1 N–H and O–H groups in total. The molecular weight excluding hydrogens is 446 g/mol. The predicted molar refractivity (Wildman–Crippen MR) is 140 cm³/mol. The highest BCUT2D eigenvalue weighted by Crippen LogP contribution is 2.35. The fourth-order valence-corrected chi connectivity index (χ4v) is 5.15. The van der Waals surface area contributed by atoms with Crippen LogP contribution in [0.1, 0.15) is 91.3 Å². The van der Waals surface area contributed by atoms with Crippen molar-refractivity contribution in [3.8, 4) is 0 Å². The van der Waals surface area contributed by atoms with Crippen LogP contribution >= 0.6 is 11.3 Å². The van der Waals surface area contributed by atoms with E-state index in [2.05, 4.69) is 31.8 Å². The number of carbonyl (C=O) groups is 2. The van der Waals surface area contributed by atoms with E-state index < -0.39 is 23.6 Å². The maximum absolute atomic E-state index is 13.3. The molecule has 0 radical (unpaired) electrons. The number of rotatable bonds is 2. The lowest BCUT2D eigenvalue weighted by Gasteiger charge is -2.35. The van der Waals surface area contributed by atoms with Crippen LogP contribution in [0.15, 0.2) is 22.6 Å². The minimum atomic E-state index is -1.10. The molecule has 6 heteroatoms. The van der Waals surface area contributed by atoms with Gasteiger partial charge in [-0.1, -0.05) is 52.7 Å². The lowest BCUT2D eigenvalue weighted by molar-refractivity contribution is -0.153. The van der Waals surface area contributed by atoms with E-state index in [1.807, 2.05) is 32.2 Å². The number of aliphatic hydroxyl groups is 1. The molecule has 34 heavy (non-hydrogen) atoms. The number of hydrogen-bond acceptors (Lipinski definition) is 6. The smallest absolute Gasteiger partial charge is 0.309 e. The summed E-state index contributed by atoms with van der Waals surface area (Å²) in [6, 6.07) is 0. The summed E-state index contributed by atoms with van der Waals surface area (Å²) < 4.78 is 5.86. The number of aliphatic hydroxyl groups excluding tert-OH is 1. The Morgan fingerprint density at radius 1 is 1.24 bits per heavy atom. The molecule has 2 heterocycles. The van der Waals surface area contributed by atoms with Gasteiger partial charge in [0.05, 0.1) is 28.6 Å². The quantitative estimate of drug-likeness (QED) is 0.377. The van der Waals surface area contributed by atoms with Gasteiger partial charge < -0.3 is 9.84 Å². The highest BCUT2D eigenvalue weighted by Gasteiger charge is 2.41. The monoisotopic (exact) mass is 489 g/mol. The van der Waals surface area contributed by atoms with Gasteiger partial charge in [-0.05, 0) is 57.1 Å². The molecule has 0 amide bonds. The predicted octanol–water partition coefficient (Wildman–Crippen LogP) is 6.54. The number of hydrogen-bond donors (Lipinski definition) is 1. The summed E-state index contributed by atoms with van der Waals surface area (Å²) in [5.74, 6) is -0.0824. The zero-order chi connectivity index (χ0) is 25.6. The molecule has 0 bridgehead atoms. The Labute approximate surface area is 209 Å². The van der Waals surface area contributed by atoms with Gasteiger partial charge in [0.2, 0.25) is 0 Å². The number of esters is 1.